The Morgan fingerprint density at radius 1 is 0.840 bits per heavy atom. The summed E-state index contributed by atoms with van der Waals surface area (Å²) >= 11 is 0. The van der Waals surface area contributed by atoms with Gasteiger partial charge in [0.25, 0.3) is 0 Å². The molecule has 0 aromatic heterocycles. The first-order chi connectivity index (χ1) is 12.2. The van der Waals surface area contributed by atoms with Crippen molar-refractivity contribution < 1.29 is 22.6 Å². The van der Waals surface area contributed by atoms with Crippen molar-refractivity contribution in [1.29, 1.82) is 0 Å². The van der Waals surface area contributed by atoms with Crippen molar-refractivity contribution >= 4 is 0 Å². The van der Waals surface area contributed by atoms with Crippen LogP contribution in [-0.2, 0) is 13.0 Å². The normalized spacial score (nSPS) is 11.0. The zero-order valence-electron chi connectivity index (χ0n) is 14.1. The number of halogens is 3. The van der Waals surface area contributed by atoms with Crippen LogP contribution in [0.4, 0.5) is 13.2 Å². The number of rotatable bonds is 9. The van der Waals surface area contributed by atoms with Gasteiger partial charge in [0.1, 0.15) is 13.3 Å². The van der Waals surface area contributed by atoms with Crippen molar-refractivity contribution in [2.24, 2.45) is 0 Å². The molecule has 2 rings (SSSR count). The van der Waals surface area contributed by atoms with Crippen molar-refractivity contribution in [3.05, 3.63) is 71.3 Å². The summed E-state index contributed by atoms with van der Waals surface area (Å²) in [6, 6.07) is 10.3. The highest BCUT2D eigenvalue weighted by Crippen LogP contribution is 2.28. The van der Waals surface area contributed by atoms with Gasteiger partial charge in [-0.15, -0.1) is 0 Å². The average Bonchev–Trinajstić information content (AvgIpc) is 2.63. The maximum absolute atomic E-state index is 13.9. The Labute approximate surface area is 145 Å². The highest BCUT2D eigenvalue weighted by atomic mass is 19.2. The Bertz CT molecular complexity index is 697. The van der Waals surface area contributed by atoms with E-state index in [9.17, 15) is 13.2 Å². The number of hydrogen-bond donors (Lipinski definition) is 0. The molecule has 2 aromatic rings. The van der Waals surface area contributed by atoms with Crippen molar-refractivity contribution in [2.75, 3.05) is 13.3 Å². The smallest absolute Gasteiger partial charge is 0.204 e. The number of alkyl halides is 1. The Hall–Kier alpha value is -2.43. The lowest BCUT2D eigenvalue weighted by Crippen LogP contribution is -2.02. The molecule has 5 heteroatoms. The first kappa shape index (κ1) is 18.9. The Morgan fingerprint density at radius 2 is 1.44 bits per heavy atom. The van der Waals surface area contributed by atoms with Crippen LogP contribution in [0.3, 0.4) is 0 Å². The van der Waals surface area contributed by atoms with E-state index >= 15 is 0 Å². The minimum atomic E-state index is -1.05. The van der Waals surface area contributed by atoms with E-state index in [0.29, 0.717) is 0 Å². The summed E-state index contributed by atoms with van der Waals surface area (Å²) in [5.41, 5.74) is 1.96. The second-order valence-electron chi connectivity index (χ2n) is 5.39. The summed E-state index contributed by atoms with van der Waals surface area (Å²) in [7, 11) is 0. The van der Waals surface area contributed by atoms with Crippen LogP contribution in [0.2, 0.25) is 0 Å². The third-order valence-electron chi connectivity index (χ3n) is 3.58. The lowest BCUT2D eigenvalue weighted by atomic mass is 10.1. The molecule has 0 bridgehead atoms. The highest BCUT2D eigenvalue weighted by molar-refractivity contribution is 5.35. The van der Waals surface area contributed by atoms with Crippen LogP contribution in [-0.4, -0.2) is 13.3 Å². The molecule has 0 saturated heterocycles. The molecule has 0 aliphatic heterocycles. The standard InChI is InChI=1S/C20H21F3O2/c1-2-24-17-11-12-18(20(23)19(17)22)25-14-16-9-7-15(8-10-16)6-4-3-5-13-21/h3,5,7-12H,2,4,6,13-14H2,1H3. The van der Waals surface area contributed by atoms with Gasteiger partial charge in [-0.1, -0.05) is 36.4 Å². The monoisotopic (exact) mass is 350 g/mol. The van der Waals surface area contributed by atoms with Crippen LogP contribution in [0, 0.1) is 11.6 Å². The summed E-state index contributed by atoms with van der Waals surface area (Å²) in [4.78, 5) is 0. The van der Waals surface area contributed by atoms with E-state index in [1.165, 1.54) is 18.2 Å². The Kier molecular flexibility index (Phi) is 7.38. The van der Waals surface area contributed by atoms with E-state index in [1.54, 1.807) is 13.0 Å². The third kappa shape index (κ3) is 5.55. The molecular formula is C20H21F3O2. The zero-order valence-corrected chi connectivity index (χ0v) is 14.1. The molecule has 0 heterocycles. The van der Waals surface area contributed by atoms with Gasteiger partial charge in [-0.25, -0.2) is 4.39 Å². The number of benzene rings is 2. The quantitative estimate of drug-likeness (QED) is 0.564. The molecule has 134 valence electrons. The zero-order chi connectivity index (χ0) is 18.1. The SMILES string of the molecule is CCOc1ccc(OCc2ccc(CCC=CCF)cc2)c(F)c1F. The molecule has 0 unspecified atom stereocenters. The second kappa shape index (κ2) is 9.77. The maximum Gasteiger partial charge on any atom is 0.204 e. The summed E-state index contributed by atoms with van der Waals surface area (Å²) in [5.74, 6) is -2.38. The molecule has 0 spiro atoms. The van der Waals surface area contributed by atoms with Crippen molar-refractivity contribution in [1.82, 2.24) is 0 Å². The van der Waals surface area contributed by atoms with Crippen LogP contribution in [0.1, 0.15) is 24.5 Å². The molecule has 0 N–H and O–H groups in total. The van der Waals surface area contributed by atoms with Crippen LogP contribution in [0.15, 0.2) is 48.6 Å². The topological polar surface area (TPSA) is 18.5 Å². The predicted octanol–water partition coefficient (Wildman–Crippen LogP) is 5.40. The van der Waals surface area contributed by atoms with Crippen molar-refractivity contribution in [3.8, 4) is 11.5 Å². The molecule has 0 fully saturated rings. The van der Waals surface area contributed by atoms with Gasteiger partial charge in [0.15, 0.2) is 11.5 Å². The lowest BCUT2D eigenvalue weighted by molar-refractivity contribution is 0.274. The lowest BCUT2D eigenvalue weighted by Gasteiger charge is -2.11. The van der Waals surface area contributed by atoms with Crippen LogP contribution >= 0.6 is 0 Å². The molecule has 0 saturated carbocycles. The molecule has 25 heavy (non-hydrogen) atoms. The van der Waals surface area contributed by atoms with E-state index in [-0.39, 0.29) is 24.7 Å². The van der Waals surface area contributed by atoms with Crippen LogP contribution < -0.4 is 9.47 Å². The number of ether oxygens (including phenoxy) is 2. The largest absolute Gasteiger partial charge is 0.491 e. The highest BCUT2D eigenvalue weighted by Gasteiger charge is 2.15. The fourth-order valence-electron chi connectivity index (χ4n) is 2.29. The fourth-order valence-corrected chi connectivity index (χ4v) is 2.29. The number of aryl methyl sites for hydroxylation is 1. The van der Waals surface area contributed by atoms with Crippen molar-refractivity contribution in [2.45, 2.75) is 26.4 Å². The minimum absolute atomic E-state index is 0.126. The number of hydrogen-bond acceptors (Lipinski definition) is 2. The summed E-state index contributed by atoms with van der Waals surface area (Å²) in [5, 5.41) is 0. The molecule has 2 aromatic carbocycles. The van der Waals surface area contributed by atoms with Gasteiger partial charge in [-0.3, -0.25) is 0 Å². The van der Waals surface area contributed by atoms with E-state index in [4.69, 9.17) is 9.47 Å². The van der Waals surface area contributed by atoms with Crippen LogP contribution in [0.5, 0.6) is 11.5 Å². The molecule has 2 nitrogen and oxygen atoms in total. The molecule has 0 radical (unpaired) electrons. The van der Waals surface area contributed by atoms with E-state index in [0.717, 1.165) is 24.0 Å². The fraction of sp³-hybridized carbons (Fsp3) is 0.300. The summed E-state index contributed by atoms with van der Waals surface area (Å²) in [6.07, 6.45) is 4.89. The molecule has 0 aliphatic carbocycles. The Morgan fingerprint density at radius 3 is 2.04 bits per heavy atom. The maximum atomic E-state index is 13.9. The van der Waals surface area contributed by atoms with Gasteiger partial charge in [0, 0.05) is 0 Å². The molecule has 0 atom stereocenters. The third-order valence-corrected chi connectivity index (χ3v) is 3.58. The van der Waals surface area contributed by atoms with Gasteiger partial charge >= 0.3 is 0 Å². The summed E-state index contributed by atoms with van der Waals surface area (Å²) in [6.45, 7) is 1.64. The predicted molar refractivity (Wildman–Crippen MR) is 91.7 cm³/mol. The first-order valence-corrected chi connectivity index (χ1v) is 8.18. The first-order valence-electron chi connectivity index (χ1n) is 8.18. The molecule has 0 aliphatic rings. The molecule has 0 amide bonds. The van der Waals surface area contributed by atoms with Crippen molar-refractivity contribution in [3.63, 3.8) is 0 Å². The number of allylic oxidation sites excluding steroid dienone is 2. The van der Waals surface area contributed by atoms with E-state index < -0.39 is 18.3 Å². The van der Waals surface area contributed by atoms with Crippen LogP contribution in [0.25, 0.3) is 0 Å². The van der Waals surface area contributed by atoms with Gasteiger partial charge in [0.05, 0.1) is 6.61 Å². The second-order valence-corrected chi connectivity index (χ2v) is 5.39. The Balaban J connectivity index is 1.93. The van der Waals surface area contributed by atoms with Gasteiger partial charge in [-0.05, 0) is 43.0 Å². The van der Waals surface area contributed by atoms with E-state index in [2.05, 4.69) is 0 Å². The van der Waals surface area contributed by atoms with Gasteiger partial charge in [0.2, 0.25) is 11.6 Å². The minimum Gasteiger partial charge on any atom is -0.491 e. The van der Waals surface area contributed by atoms with Gasteiger partial charge in [-0.2, -0.15) is 8.78 Å². The van der Waals surface area contributed by atoms with E-state index in [1.807, 2.05) is 24.3 Å². The van der Waals surface area contributed by atoms with Gasteiger partial charge < -0.3 is 9.47 Å². The average molecular weight is 350 g/mol. The molecular weight excluding hydrogens is 329 g/mol. The summed E-state index contributed by atoms with van der Waals surface area (Å²) < 4.78 is 50.1.